The van der Waals surface area contributed by atoms with Crippen molar-refractivity contribution in [2.45, 2.75) is 31.2 Å². The van der Waals surface area contributed by atoms with E-state index in [0.29, 0.717) is 16.9 Å². The minimum Gasteiger partial charge on any atom is -0.419 e. The second-order valence-corrected chi connectivity index (χ2v) is 6.08. The normalized spacial score (nSPS) is 12.5. The van der Waals surface area contributed by atoms with Gasteiger partial charge in [-0.1, -0.05) is 29.5 Å². The van der Waals surface area contributed by atoms with Gasteiger partial charge in [-0.15, -0.1) is 15.3 Å². The van der Waals surface area contributed by atoms with Gasteiger partial charge in [0.25, 0.3) is 0 Å². The summed E-state index contributed by atoms with van der Waals surface area (Å²) in [5.41, 5.74) is 2.12. The topological polar surface area (TPSA) is 80.5 Å². The molecule has 1 aromatic carbocycles. The maximum Gasteiger partial charge on any atom is 0.247 e. The number of aromatic amines is 1. The van der Waals surface area contributed by atoms with Crippen molar-refractivity contribution >= 4 is 11.8 Å². The molecule has 0 spiro atoms. The number of hydrogen-bond donors (Lipinski definition) is 1. The number of hydrogen-bond acceptors (Lipinski definition) is 6. The summed E-state index contributed by atoms with van der Waals surface area (Å²) in [4.78, 5) is 4.26. The standard InChI is InChI=1S/C14H15N5OS/c1-8-4-6-11(7-5-8)13-18-17-12(20-13)9(2)21-14-15-10(3)16-19-14/h4-7,9H,1-3H3,(H,15,16,19). The molecule has 0 fully saturated rings. The van der Waals surface area contributed by atoms with E-state index in [1.54, 1.807) is 0 Å². The minimum absolute atomic E-state index is 0.00750. The maximum atomic E-state index is 5.74. The molecule has 1 N–H and O–H groups in total. The van der Waals surface area contributed by atoms with Crippen molar-refractivity contribution in [3.8, 4) is 11.5 Å². The predicted octanol–water partition coefficient (Wildman–Crippen LogP) is 3.32. The Balaban J connectivity index is 1.76. The van der Waals surface area contributed by atoms with Crippen LogP contribution in [0.15, 0.2) is 33.8 Å². The van der Waals surface area contributed by atoms with Gasteiger partial charge in [-0.05, 0) is 32.9 Å². The van der Waals surface area contributed by atoms with E-state index in [0.717, 1.165) is 11.4 Å². The van der Waals surface area contributed by atoms with Crippen LogP contribution in [0.3, 0.4) is 0 Å². The highest BCUT2D eigenvalue weighted by Gasteiger charge is 2.18. The largest absolute Gasteiger partial charge is 0.419 e. The molecule has 0 bridgehead atoms. The molecule has 1 unspecified atom stereocenters. The average molecular weight is 301 g/mol. The third-order valence-corrected chi connectivity index (χ3v) is 3.89. The molecule has 2 heterocycles. The van der Waals surface area contributed by atoms with Gasteiger partial charge >= 0.3 is 0 Å². The van der Waals surface area contributed by atoms with Crippen molar-refractivity contribution in [1.82, 2.24) is 25.4 Å². The van der Waals surface area contributed by atoms with E-state index in [2.05, 4.69) is 25.4 Å². The van der Waals surface area contributed by atoms with Gasteiger partial charge in [0.15, 0.2) is 0 Å². The van der Waals surface area contributed by atoms with E-state index in [-0.39, 0.29) is 5.25 Å². The van der Waals surface area contributed by atoms with Gasteiger partial charge in [0, 0.05) is 5.56 Å². The fraction of sp³-hybridized carbons (Fsp3) is 0.286. The van der Waals surface area contributed by atoms with Crippen LogP contribution in [0.4, 0.5) is 0 Å². The molecular formula is C14H15N5OS. The summed E-state index contributed by atoms with van der Waals surface area (Å²) in [5.74, 6) is 1.89. The molecule has 0 aliphatic heterocycles. The number of aryl methyl sites for hydroxylation is 2. The van der Waals surface area contributed by atoms with Gasteiger partial charge in [0.1, 0.15) is 5.82 Å². The highest BCUT2D eigenvalue weighted by molar-refractivity contribution is 7.99. The van der Waals surface area contributed by atoms with Crippen molar-refractivity contribution in [2.24, 2.45) is 0 Å². The molecule has 6 nitrogen and oxygen atoms in total. The number of aromatic nitrogens is 5. The molecule has 0 radical (unpaired) electrons. The van der Waals surface area contributed by atoms with E-state index in [9.17, 15) is 0 Å². The fourth-order valence-electron chi connectivity index (χ4n) is 1.80. The summed E-state index contributed by atoms with van der Waals surface area (Å²) in [6.45, 7) is 5.90. The fourth-order valence-corrected chi connectivity index (χ4v) is 2.60. The van der Waals surface area contributed by atoms with Gasteiger partial charge in [-0.3, -0.25) is 5.10 Å². The molecule has 2 aromatic heterocycles. The van der Waals surface area contributed by atoms with Crippen LogP contribution in [0, 0.1) is 13.8 Å². The first kappa shape index (κ1) is 13.8. The molecule has 0 aliphatic carbocycles. The van der Waals surface area contributed by atoms with Crippen LogP contribution >= 0.6 is 11.8 Å². The second kappa shape index (κ2) is 5.69. The average Bonchev–Trinajstić information content (AvgIpc) is 3.09. The minimum atomic E-state index is -0.00750. The second-order valence-electron chi connectivity index (χ2n) is 4.77. The summed E-state index contributed by atoms with van der Waals surface area (Å²) in [6, 6.07) is 7.99. The lowest BCUT2D eigenvalue weighted by molar-refractivity contribution is 0.509. The molecule has 7 heteroatoms. The Morgan fingerprint density at radius 2 is 1.90 bits per heavy atom. The van der Waals surface area contributed by atoms with Crippen molar-refractivity contribution < 1.29 is 4.42 Å². The van der Waals surface area contributed by atoms with E-state index in [4.69, 9.17) is 4.42 Å². The van der Waals surface area contributed by atoms with E-state index in [1.807, 2.05) is 45.0 Å². The molecule has 1 atom stereocenters. The van der Waals surface area contributed by atoms with Crippen LogP contribution in [-0.2, 0) is 0 Å². The monoisotopic (exact) mass is 301 g/mol. The molecule has 0 aliphatic rings. The summed E-state index contributed by atoms with van der Waals surface area (Å²) in [7, 11) is 0. The van der Waals surface area contributed by atoms with Gasteiger partial charge in [-0.2, -0.15) is 0 Å². The molecule has 0 saturated heterocycles. The Kier molecular flexibility index (Phi) is 3.74. The molecule has 0 saturated carbocycles. The Morgan fingerprint density at radius 1 is 1.14 bits per heavy atom. The van der Waals surface area contributed by atoms with Crippen LogP contribution in [0.2, 0.25) is 0 Å². The predicted molar refractivity (Wildman–Crippen MR) is 79.9 cm³/mol. The van der Waals surface area contributed by atoms with Crippen LogP contribution in [0.25, 0.3) is 11.5 Å². The Hall–Kier alpha value is -2.15. The first-order valence-electron chi connectivity index (χ1n) is 6.58. The smallest absolute Gasteiger partial charge is 0.247 e. The lowest BCUT2D eigenvalue weighted by Gasteiger charge is -2.02. The number of rotatable bonds is 4. The van der Waals surface area contributed by atoms with Crippen molar-refractivity contribution in [3.63, 3.8) is 0 Å². The zero-order chi connectivity index (χ0) is 14.8. The Morgan fingerprint density at radius 3 is 2.57 bits per heavy atom. The maximum absolute atomic E-state index is 5.74. The highest BCUT2D eigenvalue weighted by atomic mass is 32.2. The zero-order valence-corrected chi connectivity index (χ0v) is 12.8. The molecule has 3 rings (SSSR count). The van der Waals surface area contributed by atoms with Crippen LogP contribution in [0.5, 0.6) is 0 Å². The van der Waals surface area contributed by atoms with Gasteiger partial charge < -0.3 is 4.42 Å². The summed E-state index contributed by atoms with van der Waals surface area (Å²) < 4.78 is 5.74. The van der Waals surface area contributed by atoms with Crippen LogP contribution in [0.1, 0.15) is 29.5 Å². The van der Waals surface area contributed by atoms with Crippen LogP contribution < -0.4 is 0 Å². The molecule has 21 heavy (non-hydrogen) atoms. The van der Waals surface area contributed by atoms with Crippen molar-refractivity contribution in [2.75, 3.05) is 0 Å². The third kappa shape index (κ3) is 3.13. The number of H-pyrrole nitrogens is 1. The first-order chi connectivity index (χ1) is 10.1. The lowest BCUT2D eigenvalue weighted by atomic mass is 10.1. The number of thioether (sulfide) groups is 1. The Labute approximate surface area is 126 Å². The zero-order valence-electron chi connectivity index (χ0n) is 12.0. The number of nitrogens with one attached hydrogen (secondary N) is 1. The molecule has 0 amide bonds. The van der Waals surface area contributed by atoms with E-state index >= 15 is 0 Å². The van der Waals surface area contributed by atoms with Crippen LogP contribution in [-0.4, -0.2) is 25.4 Å². The number of nitrogens with zero attached hydrogens (tertiary/aromatic N) is 4. The summed E-state index contributed by atoms with van der Waals surface area (Å²) in [6.07, 6.45) is 0. The molecule has 3 aromatic rings. The van der Waals surface area contributed by atoms with Gasteiger partial charge in [0.05, 0.1) is 5.25 Å². The van der Waals surface area contributed by atoms with E-state index in [1.165, 1.54) is 17.3 Å². The molecular weight excluding hydrogens is 286 g/mol. The lowest BCUT2D eigenvalue weighted by Crippen LogP contribution is -1.89. The molecule has 108 valence electrons. The highest BCUT2D eigenvalue weighted by Crippen LogP contribution is 2.33. The quantitative estimate of drug-likeness (QED) is 0.744. The van der Waals surface area contributed by atoms with Gasteiger partial charge in [-0.25, -0.2) is 4.98 Å². The summed E-state index contributed by atoms with van der Waals surface area (Å²) >= 11 is 1.48. The van der Waals surface area contributed by atoms with Crippen molar-refractivity contribution in [1.29, 1.82) is 0 Å². The third-order valence-electron chi connectivity index (χ3n) is 2.95. The van der Waals surface area contributed by atoms with Gasteiger partial charge in [0.2, 0.25) is 16.9 Å². The van der Waals surface area contributed by atoms with Crippen molar-refractivity contribution in [3.05, 3.63) is 41.5 Å². The Bertz CT molecular complexity index is 734. The van der Waals surface area contributed by atoms with E-state index < -0.39 is 0 Å². The summed E-state index contributed by atoms with van der Waals surface area (Å²) in [5, 5.41) is 15.8. The first-order valence-corrected chi connectivity index (χ1v) is 7.46. The number of benzene rings is 1. The SMILES string of the molecule is Cc1ccc(-c2nnc(C(C)Sc3n[nH]c(C)n3)o2)cc1.